The Kier molecular flexibility index (Phi) is 5.57. The quantitative estimate of drug-likeness (QED) is 0.782. The number of piperidine rings is 1. The van der Waals surface area contributed by atoms with Gasteiger partial charge in [0.05, 0.1) is 0 Å². The van der Waals surface area contributed by atoms with Crippen molar-refractivity contribution in [1.29, 1.82) is 0 Å². The van der Waals surface area contributed by atoms with Gasteiger partial charge in [-0.25, -0.2) is 0 Å². The molecule has 1 heterocycles. The van der Waals surface area contributed by atoms with Gasteiger partial charge in [0.25, 0.3) is 0 Å². The minimum absolute atomic E-state index is 0.144. The lowest BCUT2D eigenvalue weighted by atomic mass is 9.79. The molecule has 0 bridgehead atoms. The van der Waals surface area contributed by atoms with Crippen LogP contribution in [0, 0.1) is 11.3 Å². The summed E-state index contributed by atoms with van der Waals surface area (Å²) in [4.78, 5) is 25.8. The Hall–Kier alpha value is -0.860. The van der Waals surface area contributed by atoms with Crippen molar-refractivity contribution in [2.24, 2.45) is 11.3 Å². The number of rotatable bonds is 4. The van der Waals surface area contributed by atoms with Crippen LogP contribution in [0.2, 0.25) is 0 Å². The lowest BCUT2D eigenvalue weighted by Gasteiger charge is -2.37. The average molecular weight is 267 g/mol. The van der Waals surface area contributed by atoms with Gasteiger partial charge in [0.1, 0.15) is 5.78 Å². The third-order valence-electron chi connectivity index (χ3n) is 4.43. The fraction of sp³-hybridized carbons (Fsp3) is 0.875. The highest BCUT2D eigenvalue weighted by molar-refractivity contribution is 5.80. The Balaban J connectivity index is 2.64. The molecule has 0 aromatic carbocycles. The molecule has 0 aromatic rings. The average Bonchev–Trinajstić information content (AvgIpc) is 2.27. The monoisotopic (exact) mass is 267 g/mol. The Labute approximate surface area is 117 Å². The predicted molar refractivity (Wildman–Crippen MR) is 77.9 cm³/mol. The molecule has 2 atom stereocenters. The van der Waals surface area contributed by atoms with Gasteiger partial charge in [-0.3, -0.25) is 9.59 Å². The highest BCUT2D eigenvalue weighted by atomic mass is 16.2. The lowest BCUT2D eigenvalue weighted by molar-refractivity contribution is -0.137. The molecule has 1 fully saturated rings. The van der Waals surface area contributed by atoms with Crippen molar-refractivity contribution >= 4 is 11.7 Å². The van der Waals surface area contributed by atoms with Crippen LogP contribution in [0.3, 0.4) is 0 Å². The lowest BCUT2D eigenvalue weighted by Crippen LogP contribution is -2.45. The van der Waals surface area contributed by atoms with E-state index in [1.54, 1.807) is 6.92 Å². The summed E-state index contributed by atoms with van der Waals surface area (Å²) < 4.78 is 0. The minimum Gasteiger partial charge on any atom is -0.339 e. The summed E-state index contributed by atoms with van der Waals surface area (Å²) in [6.45, 7) is 11.1. The molecule has 0 spiro atoms. The van der Waals surface area contributed by atoms with Crippen molar-refractivity contribution in [3.8, 4) is 0 Å². The van der Waals surface area contributed by atoms with E-state index in [4.69, 9.17) is 0 Å². The summed E-state index contributed by atoms with van der Waals surface area (Å²) >= 11 is 0. The zero-order chi connectivity index (χ0) is 14.6. The molecule has 110 valence electrons. The van der Waals surface area contributed by atoms with Crippen LogP contribution in [0.5, 0.6) is 0 Å². The summed E-state index contributed by atoms with van der Waals surface area (Å²) in [5, 5.41) is 0. The minimum atomic E-state index is 0.144. The summed E-state index contributed by atoms with van der Waals surface area (Å²) in [6.07, 6.45) is 4.31. The van der Waals surface area contributed by atoms with E-state index in [2.05, 4.69) is 27.7 Å². The predicted octanol–water partition coefficient (Wildman–Crippen LogP) is 3.42. The van der Waals surface area contributed by atoms with Gasteiger partial charge in [0, 0.05) is 25.4 Å². The maximum Gasteiger partial charge on any atom is 0.223 e. The van der Waals surface area contributed by atoms with Crippen molar-refractivity contribution < 1.29 is 9.59 Å². The van der Waals surface area contributed by atoms with Gasteiger partial charge in [-0.15, -0.1) is 0 Å². The van der Waals surface area contributed by atoms with E-state index in [1.807, 2.05) is 4.90 Å². The first-order valence-electron chi connectivity index (χ1n) is 7.50. The third kappa shape index (κ3) is 4.96. The Morgan fingerprint density at radius 1 is 1.26 bits per heavy atom. The van der Waals surface area contributed by atoms with Crippen molar-refractivity contribution in [1.82, 2.24) is 4.90 Å². The number of hydrogen-bond acceptors (Lipinski definition) is 2. The molecule has 0 radical (unpaired) electrons. The number of likely N-dealkylation sites (tertiary alicyclic amines) is 1. The van der Waals surface area contributed by atoms with E-state index in [9.17, 15) is 9.59 Å². The summed E-state index contributed by atoms with van der Waals surface area (Å²) in [7, 11) is 0. The summed E-state index contributed by atoms with van der Waals surface area (Å²) in [6, 6.07) is 0.144. The SMILES string of the molecule is CC(=O)CC1CCCCN1C(=O)CC(C)C(C)(C)C. The number of amides is 1. The maximum absolute atomic E-state index is 12.5. The number of nitrogens with zero attached hydrogens (tertiary/aromatic N) is 1. The molecule has 19 heavy (non-hydrogen) atoms. The second kappa shape index (κ2) is 6.53. The molecule has 2 unspecified atom stereocenters. The fourth-order valence-electron chi connectivity index (χ4n) is 2.56. The first-order chi connectivity index (χ1) is 8.71. The molecule has 1 rings (SSSR count). The van der Waals surface area contributed by atoms with Crippen molar-refractivity contribution in [2.75, 3.05) is 6.54 Å². The molecule has 1 saturated heterocycles. The van der Waals surface area contributed by atoms with E-state index < -0.39 is 0 Å². The number of Topliss-reactive ketones (excluding diaryl/α,β-unsaturated/α-hetero) is 1. The Morgan fingerprint density at radius 2 is 1.89 bits per heavy atom. The number of carbonyl (C=O) groups is 2. The van der Waals surface area contributed by atoms with Crippen molar-refractivity contribution in [2.45, 2.75) is 72.8 Å². The smallest absolute Gasteiger partial charge is 0.223 e. The van der Waals surface area contributed by atoms with Gasteiger partial charge in [-0.2, -0.15) is 0 Å². The van der Waals surface area contributed by atoms with Gasteiger partial charge in [-0.1, -0.05) is 27.7 Å². The Morgan fingerprint density at radius 3 is 2.42 bits per heavy atom. The van der Waals surface area contributed by atoms with E-state index >= 15 is 0 Å². The molecule has 0 N–H and O–H groups in total. The molecule has 1 aliphatic rings. The molecule has 1 aliphatic heterocycles. The van der Waals surface area contributed by atoms with E-state index in [-0.39, 0.29) is 23.1 Å². The molecule has 3 nitrogen and oxygen atoms in total. The molecule has 1 amide bonds. The van der Waals surface area contributed by atoms with Crippen LogP contribution in [0.25, 0.3) is 0 Å². The number of hydrogen-bond donors (Lipinski definition) is 0. The van der Waals surface area contributed by atoms with Crippen molar-refractivity contribution in [3.05, 3.63) is 0 Å². The van der Waals surface area contributed by atoms with Crippen LogP contribution in [-0.2, 0) is 9.59 Å². The fourth-order valence-corrected chi connectivity index (χ4v) is 2.56. The van der Waals surface area contributed by atoms with Gasteiger partial charge in [0.15, 0.2) is 0 Å². The van der Waals surface area contributed by atoms with Gasteiger partial charge in [0.2, 0.25) is 5.91 Å². The highest BCUT2D eigenvalue weighted by Gasteiger charge is 2.30. The number of carbonyl (C=O) groups excluding carboxylic acids is 2. The van der Waals surface area contributed by atoms with E-state index in [1.165, 1.54) is 0 Å². The second-order valence-electron chi connectivity index (χ2n) is 7.11. The molecule has 0 saturated carbocycles. The topological polar surface area (TPSA) is 37.4 Å². The first kappa shape index (κ1) is 16.2. The van der Waals surface area contributed by atoms with Crippen LogP contribution < -0.4 is 0 Å². The van der Waals surface area contributed by atoms with Crippen LogP contribution in [0.15, 0.2) is 0 Å². The van der Waals surface area contributed by atoms with Crippen molar-refractivity contribution in [3.63, 3.8) is 0 Å². The maximum atomic E-state index is 12.5. The molecule has 3 heteroatoms. The summed E-state index contributed by atoms with van der Waals surface area (Å²) in [5.74, 6) is 0.779. The zero-order valence-corrected chi connectivity index (χ0v) is 13.2. The third-order valence-corrected chi connectivity index (χ3v) is 4.43. The largest absolute Gasteiger partial charge is 0.339 e. The van der Waals surface area contributed by atoms with Gasteiger partial charge >= 0.3 is 0 Å². The van der Waals surface area contributed by atoms with E-state index in [0.29, 0.717) is 18.8 Å². The first-order valence-corrected chi connectivity index (χ1v) is 7.50. The highest BCUT2D eigenvalue weighted by Crippen LogP contribution is 2.30. The van der Waals surface area contributed by atoms with Gasteiger partial charge in [-0.05, 0) is 37.5 Å². The van der Waals surface area contributed by atoms with E-state index in [0.717, 1.165) is 25.8 Å². The molecular weight excluding hydrogens is 238 g/mol. The normalized spacial score (nSPS) is 22.2. The van der Waals surface area contributed by atoms with Crippen LogP contribution in [0.4, 0.5) is 0 Å². The molecule has 0 aromatic heterocycles. The summed E-state index contributed by atoms with van der Waals surface area (Å²) in [5.41, 5.74) is 0.154. The zero-order valence-electron chi connectivity index (χ0n) is 13.2. The number of ketones is 1. The molecular formula is C16H29NO2. The van der Waals surface area contributed by atoms with Crippen LogP contribution >= 0.6 is 0 Å². The van der Waals surface area contributed by atoms with Crippen LogP contribution in [0.1, 0.15) is 66.7 Å². The molecule has 0 aliphatic carbocycles. The second-order valence-corrected chi connectivity index (χ2v) is 7.11. The Bertz CT molecular complexity index is 330. The van der Waals surface area contributed by atoms with Crippen LogP contribution in [-0.4, -0.2) is 29.2 Å². The van der Waals surface area contributed by atoms with Gasteiger partial charge < -0.3 is 4.90 Å². The standard InChI is InChI=1S/C16H29NO2/c1-12(16(3,4)5)10-15(19)17-9-7-6-8-14(17)11-13(2)18/h12,14H,6-11H2,1-5H3.